The van der Waals surface area contributed by atoms with E-state index in [0.29, 0.717) is 0 Å². The zero-order valence-electron chi connectivity index (χ0n) is 6.35. The third kappa shape index (κ3) is 4.43. The van der Waals surface area contributed by atoms with Crippen LogP contribution in [0.1, 0.15) is 26.7 Å². The van der Waals surface area contributed by atoms with Crippen LogP contribution in [0.15, 0.2) is 0 Å². The summed E-state index contributed by atoms with van der Waals surface area (Å²) in [5, 5.41) is 12.0. The van der Waals surface area contributed by atoms with Gasteiger partial charge in [-0.05, 0) is 25.9 Å². The highest BCUT2D eigenvalue weighted by Gasteiger charge is 2.06. The third-order valence-corrected chi connectivity index (χ3v) is 1.31. The third-order valence-electron chi connectivity index (χ3n) is 1.31. The Kier molecular flexibility index (Phi) is 5.99. The Morgan fingerprint density at radius 3 is 1.89 bits per heavy atom. The molecule has 0 aromatic carbocycles. The van der Waals surface area contributed by atoms with Gasteiger partial charge in [0.1, 0.15) is 0 Å². The predicted molar refractivity (Wildman–Crippen MR) is 39.5 cm³/mol. The molecule has 0 aromatic heterocycles. The molecular formula is C7H17NO. The molecule has 0 saturated carbocycles. The second-order valence-electron chi connectivity index (χ2n) is 1.98. The molecule has 0 bridgehead atoms. The van der Waals surface area contributed by atoms with Gasteiger partial charge in [0.05, 0.1) is 6.10 Å². The van der Waals surface area contributed by atoms with E-state index in [2.05, 4.69) is 5.32 Å². The van der Waals surface area contributed by atoms with E-state index in [4.69, 9.17) is 5.11 Å². The molecule has 2 nitrogen and oxygen atoms in total. The Bertz CT molecular complexity index is 50.9. The summed E-state index contributed by atoms with van der Waals surface area (Å²) in [5.41, 5.74) is 0. The fraction of sp³-hybridized carbons (Fsp3) is 1.00. The molecule has 0 atom stereocenters. The first-order chi connectivity index (χ1) is 4.39. The summed E-state index contributed by atoms with van der Waals surface area (Å²) >= 11 is 0. The van der Waals surface area contributed by atoms with Gasteiger partial charge in [-0.1, -0.05) is 13.8 Å². The van der Waals surface area contributed by atoms with Crippen LogP contribution in [-0.4, -0.2) is 24.3 Å². The second-order valence-corrected chi connectivity index (χ2v) is 1.98. The van der Waals surface area contributed by atoms with Crippen molar-refractivity contribution in [2.45, 2.75) is 32.8 Å². The number of aliphatic hydroxyl groups is 1. The smallest absolute Gasteiger partial charge is 0.0564 e. The normalized spacial score (nSPS) is 20.3. The van der Waals surface area contributed by atoms with Crippen molar-refractivity contribution in [3.8, 4) is 0 Å². The summed E-state index contributed by atoms with van der Waals surface area (Å²) in [6.45, 7) is 5.97. The highest BCUT2D eigenvalue weighted by molar-refractivity contribution is 4.65. The highest BCUT2D eigenvalue weighted by Crippen LogP contribution is 1.99. The van der Waals surface area contributed by atoms with Gasteiger partial charge in [-0.15, -0.1) is 0 Å². The van der Waals surface area contributed by atoms with Gasteiger partial charge >= 0.3 is 0 Å². The average molecular weight is 131 g/mol. The Labute approximate surface area is 57.3 Å². The minimum absolute atomic E-state index is 0.0266. The van der Waals surface area contributed by atoms with Crippen LogP contribution in [0.25, 0.3) is 0 Å². The molecule has 0 aliphatic carbocycles. The lowest BCUT2D eigenvalue weighted by Crippen LogP contribution is -2.30. The van der Waals surface area contributed by atoms with Crippen LogP contribution in [0.3, 0.4) is 0 Å². The average Bonchev–Trinajstić information content (AvgIpc) is 1.94. The maximum Gasteiger partial charge on any atom is 0.0564 e. The predicted octanol–water partition coefficient (Wildman–Crippen LogP) is 0.757. The lowest BCUT2D eigenvalue weighted by molar-refractivity contribution is 0.137. The topological polar surface area (TPSA) is 32.3 Å². The fourth-order valence-electron chi connectivity index (χ4n) is 0.807. The minimum atomic E-state index is -0.0266. The summed E-state index contributed by atoms with van der Waals surface area (Å²) in [6, 6.07) is 0. The van der Waals surface area contributed by atoms with Crippen molar-refractivity contribution < 1.29 is 5.11 Å². The van der Waals surface area contributed by atoms with Crippen molar-refractivity contribution in [1.82, 2.24) is 5.32 Å². The molecule has 2 heteroatoms. The van der Waals surface area contributed by atoms with Gasteiger partial charge in [-0.25, -0.2) is 0 Å². The molecule has 0 unspecified atom stereocenters. The zero-order valence-corrected chi connectivity index (χ0v) is 6.35. The number of nitrogens with one attached hydrogen (secondary N) is 1. The molecular weight excluding hydrogens is 114 g/mol. The quantitative estimate of drug-likeness (QED) is 0.508. The van der Waals surface area contributed by atoms with E-state index in [-0.39, 0.29) is 6.10 Å². The number of aliphatic hydroxyl groups excluding tert-OH is 1. The lowest BCUT2D eigenvalue weighted by Gasteiger charge is -2.16. The maximum atomic E-state index is 8.87. The Balaban J connectivity index is 0.000000291. The molecule has 1 heterocycles. The van der Waals surface area contributed by atoms with Gasteiger partial charge in [0.25, 0.3) is 0 Å². The van der Waals surface area contributed by atoms with Crippen molar-refractivity contribution in [1.29, 1.82) is 0 Å². The molecule has 9 heavy (non-hydrogen) atoms. The number of hydrogen-bond acceptors (Lipinski definition) is 2. The fourth-order valence-corrected chi connectivity index (χ4v) is 0.807. The first-order valence-corrected chi connectivity index (χ1v) is 3.78. The largest absolute Gasteiger partial charge is 0.393 e. The van der Waals surface area contributed by atoms with Crippen LogP contribution in [0.4, 0.5) is 0 Å². The first kappa shape index (κ1) is 8.92. The van der Waals surface area contributed by atoms with Crippen LogP contribution in [0.2, 0.25) is 0 Å². The van der Waals surface area contributed by atoms with Gasteiger partial charge < -0.3 is 10.4 Å². The van der Waals surface area contributed by atoms with Crippen LogP contribution in [-0.2, 0) is 0 Å². The molecule has 1 aliphatic rings. The van der Waals surface area contributed by atoms with E-state index in [0.717, 1.165) is 25.9 Å². The SMILES string of the molecule is CC.OC1CCNCC1. The summed E-state index contributed by atoms with van der Waals surface area (Å²) in [6.07, 6.45) is 1.83. The number of rotatable bonds is 0. The summed E-state index contributed by atoms with van der Waals surface area (Å²) < 4.78 is 0. The van der Waals surface area contributed by atoms with Crippen molar-refractivity contribution in [3.63, 3.8) is 0 Å². The molecule has 0 spiro atoms. The summed E-state index contributed by atoms with van der Waals surface area (Å²) in [7, 11) is 0. The standard InChI is InChI=1S/C5H11NO.C2H6/c7-5-1-3-6-4-2-5;1-2/h5-7H,1-4H2;1-2H3. The van der Waals surface area contributed by atoms with Gasteiger partial charge in [0, 0.05) is 0 Å². The van der Waals surface area contributed by atoms with Gasteiger partial charge in [0.2, 0.25) is 0 Å². The van der Waals surface area contributed by atoms with Crippen molar-refractivity contribution in [2.24, 2.45) is 0 Å². The molecule has 1 rings (SSSR count). The zero-order chi connectivity index (χ0) is 7.11. The number of hydrogen-bond donors (Lipinski definition) is 2. The second kappa shape index (κ2) is 6.05. The van der Waals surface area contributed by atoms with E-state index >= 15 is 0 Å². The van der Waals surface area contributed by atoms with Crippen LogP contribution in [0, 0.1) is 0 Å². The van der Waals surface area contributed by atoms with Crippen LogP contribution >= 0.6 is 0 Å². The van der Waals surface area contributed by atoms with Crippen molar-refractivity contribution in [2.75, 3.05) is 13.1 Å². The van der Waals surface area contributed by atoms with Gasteiger partial charge in [-0.3, -0.25) is 0 Å². The Morgan fingerprint density at radius 1 is 1.22 bits per heavy atom. The minimum Gasteiger partial charge on any atom is -0.393 e. The summed E-state index contributed by atoms with van der Waals surface area (Å²) in [4.78, 5) is 0. The van der Waals surface area contributed by atoms with Crippen molar-refractivity contribution in [3.05, 3.63) is 0 Å². The Hall–Kier alpha value is -0.0800. The molecule has 0 aromatic rings. The van der Waals surface area contributed by atoms with Crippen LogP contribution < -0.4 is 5.32 Å². The van der Waals surface area contributed by atoms with E-state index in [9.17, 15) is 0 Å². The molecule has 1 fully saturated rings. The van der Waals surface area contributed by atoms with Crippen LogP contribution in [0.5, 0.6) is 0 Å². The van der Waals surface area contributed by atoms with E-state index in [1.54, 1.807) is 0 Å². The molecule has 0 radical (unpaired) electrons. The lowest BCUT2D eigenvalue weighted by atomic mass is 10.1. The van der Waals surface area contributed by atoms with E-state index in [1.165, 1.54) is 0 Å². The maximum absolute atomic E-state index is 8.87. The van der Waals surface area contributed by atoms with Gasteiger partial charge in [0.15, 0.2) is 0 Å². The molecule has 56 valence electrons. The highest BCUT2D eigenvalue weighted by atomic mass is 16.3. The monoisotopic (exact) mass is 131 g/mol. The first-order valence-electron chi connectivity index (χ1n) is 3.78. The molecule has 1 aliphatic heterocycles. The van der Waals surface area contributed by atoms with Gasteiger partial charge in [-0.2, -0.15) is 0 Å². The Morgan fingerprint density at radius 2 is 1.67 bits per heavy atom. The molecule has 1 saturated heterocycles. The van der Waals surface area contributed by atoms with Crippen molar-refractivity contribution >= 4 is 0 Å². The summed E-state index contributed by atoms with van der Waals surface area (Å²) in [5.74, 6) is 0. The number of piperidine rings is 1. The van der Waals surface area contributed by atoms with E-state index < -0.39 is 0 Å². The van der Waals surface area contributed by atoms with E-state index in [1.807, 2.05) is 13.8 Å². The molecule has 2 N–H and O–H groups in total. The molecule has 0 amide bonds.